The third-order valence-electron chi connectivity index (χ3n) is 3.41. The van der Waals surface area contributed by atoms with Crippen molar-refractivity contribution in [2.24, 2.45) is 0 Å². The number of rotatable bonds is 5. The topological polar surface area (TPSA) is 67.8 Å². The van der Waals surface area contributed by atoms with E-state index in [-0.39, 0.29) is 11.9 Å². The summed E-state index contributed by atoms with van der Waals surface area (Å²) in [6, 6.07) is 9.85. The smallest absolute Gasteiger partial charge is 0.265 e. The Morgan fingerprint density at radius 1 is 1.30 bits per heavy atom. The van der Waals surface area contributed by atoms with Crippen LogP contribution in [0.25, 0.3) is 11.3 Å². The van der Waals surface area contributed by atoms with Crippen LogP contribution in [-0.2, 0) is 6.42 Å². The van der Waals surface area contributed by atoms with Crippen LogP contribution in [0.2, 0.25) is 0 Å². The molecule has 5 nitrogen and oxygen atoms in total. The van der Waals surface area contributed by atoms with Gasteiger partial charge >= 0.3 is 0 Å². The Labute approximate surface area is 142 Å². The first-order valence-electron chi connectivity index (χ1n) is 7.32. The number of carbonyl (C=O) groups is 1. The molecule has 0 radical (unpaired) electrons. The fraction of sp³-hybridized carbons (Fsp3) is 0.250. The average Bonchev–Trinajstić information content (AvgIpc) is 3.24. The molecule has 1 unspecified atom stereocenters. The second kappa shape index (κ2) is 6.97. The zero-order valence-corrected chi connectivity index (χ0v) is 14.4. The highest BCUT2D eigenvalue weighted by molar-refractivity contribution is 7.10. The van der Waals surface area contributed by atoms with Gasteiger partial charge in [0.2, 0.25) is 0 Å². The van der Waals surface area contributed by atoms with Crippen molar-refractivity contribution in [3.05, 3.63) is 51.3 Å². The molecular formula is C16H16N4OS2. The first-order chi connectivity index (χ1) is 11.2. The maximum Gasteiger partial charge on any atom is 0.265 e. The summed E-state index contributed by atoms with van der Waals surface area (Å²) in [6.45, 7) is 3.90. The molecule has 1 N–H and O–H groups in total. The highest BCUT2D eigenvalue weighted by atomic mass is 32.1. The van der Waals surface area contributed by atoms with E-state index >= 15 is 0 Å². The zero-order valence-electron chi connectivity index (χ0n) is 12.8. The predicted molar refractivity (Wildman–Crippen MR) is 92.7 cm³/mol. The van der Waals surface area contributed by atoms with Crippen molar-refractivity contribution in [1.82, 2.24) is 19.9 Å². The molecule has 1 amide bonds. The number of hydrogen-bond acceptors (Lipinski definition) is 6. The van der Waals surface area contributed by atoms with Gasteiger partial charge in [0.1, 0.15) is 9.88 Å². The zero-order chi connectivity index (χ0) is 16.2. The average molecular weight is 344 g/mol. The van der Waals surface area contributed by atoms with E-state index in [1.807, 2.05) is 49.6 Å². The molecule has 0 aliphatic rings. The molecule has 3 rings (SSSR count). The van der Waals surface area contributed by atoms with Gasteiger partial charge in [0.25, 0.3) is 5.91 Å². The molecule has 0 aliphatic carbocycles. The molecule has 1 aromatic carbocycles. The molecule has 118 valence electrons. The summed E-state index contributed by atoms with van der Waals surface area (Å²) < 4.78 is 3.86. The van der Waals surface area contributed by atoms with Crippen molar-refractivity contribution in [2.45, 2.75) is 26.3 Å². The number of hydrogen-bond donors (Lipinski definition) is 1. The molecule has 0 spiro atoms. The second-order valence-corrected chi connectivity index (χ2v) is 6.68. The fourth-order valence-corrected chi connectivity index (χ4v) is 3.65. The Balaban J connectivity index is 1.73. The van der Waals surface area contributed by atoms with Crippen LogP contribution in [0.3, 0.4) is 0 Å². The van der Waals surface area contributed by atoms with Crippen LogP contribution < -0.4 is 5.32 Å². The highest BCUT2D eigenvalue weighted by Crippen LogP contribution is 2.25. The van der Waals surface area contributed by atoms with E-state index in [1.165, 1.54) is 0 Å². The Bertz CT molecular complexity index is 797. The van der Waals surface area contributed by atoms with Crippen LogP contribution in [-0.4, -0.2) is 20.5 Å². The number of amides is 1. The van der Waals surface area contributed by atoms with Crippen LogP contribution in [0.5, 0.6) is 0 Å². The van der Waals surface area contributed by atoms with Crippen molar-refractivity contribution in [3.63, 3.8) is 0 Å². The van der Waals surface area contributed by atoms with E-state index in [0.29, 0.717) is 11.3 Å². The molecule has 7 heteroatoms. The van der Waals surface area contributed by atoms with Gasteiger partial charge in [-0.3, -0.25) is 4.79 Å². The van der Waals surface area contributed by atoms with Gasteiger partial charge in [0.15, 0.2) is 0 Å². The third kappa shape index (κ3) is 3.46. The number of carbonyl (C=O) groups excluding carboxylic acids is 1. The quantitative estimate of drug-likeness (QED) is 0.766. The summed E-state index contributed by atoms with van der Waals surface area (Å²) in [6.07, 6.45) is 0.697. The normalized spacial score (nSPS) is 12.1. The first-order valence-corrected chi connectivity index (χ1v) is 8.97. The third-order valence-corrected chi connectivity index (χ3v) is 5.20. The van der Waals surface area contributed by atoms with Gasteiger partial charge in [0.05, 0.1) is 17.4 Å². The number of thiazole rings is 1. The molecule has 3 aromatic rings. The van der Waals surface area contributed by atoms with Gasteiger partial charge in [-0.25, -0.2) is 4.98 Å². The van der Waals surface area contributed by atoms with E-state index in [4.69, 9.17) is 0 Å². The molecule has 0 fully saturated rings. The molecule has 0 saturated heterocycles. The lowest BCUT2D eigenvalue weighted by Crippen LogP contribution is -2.26. The number of benzene rings is 1. The molecule has 2 aromatic heterocycles. The monoisotopic (exact) mass is 344 g/mol. The molecule has 2 heterocycles. The van der Waals surface area contributed by atoms with Crippen LogP contribution in [0.15, 0.2) is 35.7 Å². The van der Waals surface area contributed by atoms with E-state index < -0.39 is 0 Å². The van der Waals surface area contributed by atoms with Crippen LogP contribution in [0.4, 0.5) is 0 Å². The number of aryl methyl sites for hydroxylation is 1. The molecule has 0 saturated carbocycles. The van der Waals surface area contributed by atoms with Crippen LogP contribution in [0, 0.1) is 0 Å². The lowest BCUT2D eigenvalue weighted by molar-refractivity contribution is 0.0943. The standard InChI is InChI=1S/C16H16N4OS2/c1-3-12-14(23-20-19-12)15(21)17-10(2)16-18-13(9-22-16)11-7-5-4-6-8-11/h4-10H,3H2,1-2H3,(H,17,21). The Hall–Kier alpha value is -2.12. The summed E-state index contributed by atoms with van der Waals surface area (Å²) in [5.74, 6) is -0.138. The van der Waals surface area contributed by atoms with Gasteiger partial charge in [-0.1, -0.05) is 41.7 Å². The number of aromatic nitrogens is 3. The minimum Gasteiger partial charge on any atom is -0.342 e. The molecule has 0 bridgehead atoms. The van der Waals surface area contributed by atoms with E-state index in [1.54, 1.807) is 11.3 Å². The maximum absolute atomic E-state index is 12.3. The van der Waals surface area contributed by atoms with E-state index in [2.05, 4.69) is 19.9 Å². The summed E-state index contributed by atoms with van der Waals surface area (Å²) in [5, 5.41) is 9.85. The van der Waals surface area contributed by atoms with Gasteiger partial charge in [-0.05, 0) is 24.9 Å². The van der Waals surface area contributed by atoms with E-state index in [0.717, 1.165) is 33.5 Å². The second-order valence-electron chi connectivity index (χ2n) is 5.03. The number of nitrogens with zero attached hydrogens (tertiary/aromatic N) is 3. The van der Waals surface area contributed by atoms with Crippen molar-refractivity contribution < 1.29 is 4.79 Å². The van der Waals surface area contributed by atoms with Gasteiger partial charge in [-0.15, -0.1) is 16.4 Å². The SMILES string of the molecule is CCc1nnsc1C(=O)NC(C)c1nc(-c2ccccc2)cs1. The van der Waals surface area contributed by atoms with Gasteiger partial charge < -0.3 is 5.32 Å². The fourth-order valence-electron chi connectivity index (χ4n) is 2.16. The number of nitrogens with one attached hydrogen (secondary N) is 1. The van der Waals surface area contributed by atoms with Crippen molar-refractivity contribution in [3.8, 4) is 11.3 Å². The summed E-state index contributed by atoms with van der Waals surface area (Å²) >= 11 is 2.68. The minimum absolute atomic E-state index is 0.138. The summed E-state index contributed by atoms with van der Waals surface area (Å²) in [4.78, 5) is 17.6. The van der Waals surface area contributed by atoms with Crippen LogP contribution >= 0.6 is 22.9 Å². The predicted octanol–water partition coefficient (Wildman–Crippen LogP) is 3.72. The van der Waals surface area contributed by atoms with Crippen LogP contribution in [0.1, 0.15) is 40.3 Å². The largest absolute Gasteiger partial charge is 0.342 e. The van der Waals surface area contributed by atoms with E-state index in [9.17, 15) is 4.79 Å². The Morgan fingerprint density at radius 3 is 2.83 bits per heavy atom. The highest BCUT2D eigenvalue weighted by Gasteiger charge is 2.19. The lowest BCUT2D eigenvalue weighted by atomic mass is 10.2. The molecule has 0 aliphatic heterocycles. The summed E-state index contributed by atoms with van der Waals surface area (Å²) in [7, 11) is 0. The maximum atomic E-state index is 12.3. The molecule has 23 heavy (non-hydrogen) atoms. The Morgan fingerprint density at radius 2 is 2.09 bits per heavy atom. The first kappa shape index (κ1) is 15.8. The van der Waals surface area contributed by atoms with Crippen molar-refractivity contribution in [2.75, 3.05) is 0 Å². The van der Waals surface area contributed by atoms with Crippen molar-refractivity contribution >= 4 is 28.8 Å². The summed E-state index contributed by atoms with van der Waals surface area (Å²) in [5.41, 5.74) is 2.75. The molecule has 1 atom stereocenters. The Kier molecular flexibility index (Phi) is 4.78. The van der Waals surface area contributed by atoms with Gasteiger partial charge in [-0.2, -0.15) is 0 Å². The van der Waals surface area contributed by atoms with Crippen molar-refractivity contribution in [1.29, 1.82) is 0 Å². The van der Waals surface area contributed by atoms with Gasteiger partial charge in [0, 0.05) is 10.9 Å². The molecular weight excluding hydrogens is 328 g/mol. The lowest BCUT2D eigenvalue weighted by Gasteiger charge is -2.10. The minimum atomic E-state index is -0.156.